The van der Waals surface area contributed by atoms with Crippen LogP contribution in [-0.4, -0.2) is 12.6 Å². The van der Waals surface area contributed by atoms with Crippen molar-refractivity contribution in [3.05, 3.63) is 38.8 Å². The Kier molecular flexibility index (Phi) is 4.23. The number of nitrogens with two attached hydrogens (primary N) is 1. The molecule has 0 amide bonds. The highest BCUT2D eigenvalue weighted by Gasteiger charge is 2.16. The number of carbonyl (C=O) groups is 1. The molecule has 18 heavy (non-hydrogen) atoms. The van der Waals surface area contributed by atoms with Gasteiger partial charge in [-0.15, -0.1) is 11.3 Å². The third-order valence-electron chi connectivity index (χ3n) is 2.33. The highest BCUT2D eigenvalue weighted by Crippen LogP contribution is 2.34. The molecule has 0 unspecified atom stereocenters. The molecule has 2 rings (SSSR count). The van der Waals surface area contributed by atoms with Crippen LogP contribution in [0.15, 0.2) is 30.3 Å². The third-order valence-corrected chi connectivity index (χ3v) is 4.18. The molecule has 3 nitrogen and oxygen atoms in total. The van der Waals surface area contributed by atoms with Crippen LogP contribution in [0.2, 0.25) is 0 Å². The smallest absolute Gasteiger partial charge is 0.350 e. The molecule has 0 aliphatic carbocycles. The van der Waals surface area contributed by atoms with Gasteiger partial charge in [0.05, 0.1) is 12.3 Å². The topological polar surface area (TPSA) is 52.3 Å². The van der Waals surface area contributed by atoms with E-state index < -0.39 is 0 Å². The van der Waals surface area contributed by atoms with Crippen molar-refractivity contribution in [2.75, 3.05) is 12.3 Å². The van der Waals surface area contributed by atoms with Gasteiger partial charge in [-0.3, -0.25) is 0 Å². The van der Waals surface area contributed by atoms with Gasteiger partial charge in [-0.1, -0.05) is 12.1 Å². The lowest BCUT2D eigenvalue weighted by molar-refractivity contribution is 0.0533. The Morgan fingerprint density at radius 2 is 2.22 bits per heavy atom. The second kappa shape index (κ2) is 5.71. The summed E-state index contributed by atoms with van der Waals surface area (Å²) >= 11 is 3.62. The lowest BCUT2D eigenvalue weighted by atomic mass is 10.2. The summed E-state index contributed by atoms with van der Waals surface area (Å²) < 4.78 is 6.12. The van der Waals surface area contributed by atoms with Gasteiger partial charge >= 0.3 is 5.97 Å². The average Bonchev–Trinajstić information content (AvgIpc) is 2.72. The molecule has 1 aromatic carbocycles. The van der Waals surface area contributed by atoms with Crippen molar-refractivity contribution in [2.45, 2.75) is 6.92 Å². The summed E-state index contributed by atoms with van der Waals surface area (Å²) in [6, 6.07) is 9.88. The maximum Gasteiger partial charge on any atom is 0.350 e. The highest BCUT2D eigenvalue weighted by atomic mass is 127. The molecule has 0 spiro atoms. The number of thiophene rings is 1. The number of benzene rings is 1. The Balaban J connectivity index is 2.37. The minimum absolute atomic E-state index is 0.350. The first-order valence-electron chi connectivity index (χ1n) is 5.44. The van der Waals surface area contributed by atoms with Gasteiger partial charge in [-0.05, 0) is 53.3 Å². The number of halogens is 1. The Labute approximate surface area is 123 Å². The Bertz CT molecular complexity index is 580. The predicted octanol–water partition coefficient (Wildman–Crippen LogP) is 3.78. The SMILES string of the molecule is CCOC(=O)c1sc(-c2cccc(I)c2)cc1N. The molecule has 0 aliphatic heterocycles. The average molecular weight is 373 g/mol. The van der Waals surface area contributed by atoms with Crippen molar-refractivity contribution in [2.24, 2.45) is 0 Å². The quantitative estimate of drug-likeness (QED) is 0.658. The molecule has 1 heterocycles. The zero-order valence-electron chi connectivity index (χ0n) is 9.77. The van der Waals surface area contributed by atoms with Crippen LogP contribution < -0.4 is 5.73 Å². The summed E-state index contributed by atoms with van der Waals surface area (Å²) in [5.74, 6) is -0.350. The van der Waals surface area contributed by atoms with Crippen LogP contribution in [-0.2, 0) is 4.74 Å². The Morgan fingerprint density at radius 1 is 1.44 bits per heavy atom. The van der Waals surface area contributed by atoms with Gasteiger partial charge in [0.2, 0.25) is 0 Å². The van der Waals surface area contributed by atoms with Crippen LogP contribution in [0.3, 0.4) is 0 Å². The molecule has 0 radical (unpaired) electrons. The van der Waals surface area contributed by atoms with Crippen LogP contribution in [0, 0.1) is 3.57 Å². The molecular weight excluding hydrogens is 361 g/mol. The molecule has 0 fully saturated rings. The van der Waals surface area contributed by atoms with Crippen LogP contribution in [0.4, 0.5) is 5.69 Å². The number of ether oxygens (including phenoxy) is 1. The van der Waals surface area contributed by atoms with Gasteiger partial charge in [0.1, 0.15) is 4.88 Å². The van der Waals surface area contributed by atoms with E-state index in [2.05, 4.69) is 28.7 Å². The number of hydrogen-bond donors (Lipinski definition) is 1. The van der Waals surface area contributed by atoms with Crippen molar-refractivity contribution < 1.29 is 9.53 Å². The number of hydrogen-bond acceptors (Lipinski definition) is 4. The summed E-state index contributed by atoms with van der Waals surface area (Å²) in [4.78, 5) is 13.1. The summed E-state index contributed by atoms with van der Waals surface area (Å²) in [6.45, 7) is 2.14. The monoisotopic (exact) mass is 373 g/mol. The van der Waals surface area contributed by atoms with Crippen LogP contribution in [0.5, 0.6) is 0 Å². The zero-order valence-corrected chi connectivity index (χ0v) is 12.7. The number of anilines is 1. The van der Waals surface area contributed by atoms with E-state index in [1.807, 2.05) is 24.3 Å². The maximum atomic E-state index is 11.7. The predicted molar refractivity (Wildman–Crippen MR) is 82.8 cm³/mol. The minimum atomic E-state index is -0.350. The largest absolute Gasteiger partial charge is 0.462 e. The molecule has 0 atom stereocenters. The molecule has 0 saturated carbocycles. The third kappa shape index (κ3) is 2.84. The normalized spacial score (nSPS) is 10.3. The fourth-order valence-electron chi connectivity index (χ4n) is 1.55. The van der Waals surface area contributed by atoms with Crippen LogP contribution >= 0.6 is 33.9 Å². The Morgan fingerprint density at radius 3 is 2.89 bits per heavy atom. The van der Waals surface area contributed by atoms with Crippen LogP contribution in [0.25, 0.3) is 10.4 Å². The van der Waals surface area contributed by atoms with Gasteiger partial charge < -0.3 is 10.5 Å². The molecule has 2 N–H and O–H groups in total. The molecular formula is C13H12INO2S. The second-order valence-corrected chi connectivity index (χ2v) is 5.92. The minimum Gasteiger partial charge on any atom is -0.462 e. The molecule has 0 saturated heterocycles. The number of rotatable bonds is 3. The van der Waals surface area contributed by atoms with Gasteiger partial charge in [-0.25, -0.2) is 4.79 Å². The van der Waals surface area contributed by atoms with E-state index in [0.717, 1.165) is 14.0 Å². The number of carbonyl (C=O) groups excluding carboxylic acids is 1. The van der Waals surface area contributed by atoms with Crippen molar-refractivity contribution >= 4 is 45.6 Å². The van der Waals surface area contributed by atoms with Gasteiger partial charge in [0.25, 0.3) is 0 Å². The lowest BCUT2D eigenvalue weighted by Crippen LogP contribution is -2.04. The molecule has 2 aromatic rings. The summed E-state index contributed by atoms with van der Waals surface area (Å²) in [5, 5.41) is 0. The first-order chi connectivity index (χ1) is 8.61. The van der Waals surface area contributed by atoms with E-state index in [-0.39, 0.29) is 5.97 Å². The van der Waals surface area contributed by atoms with Gasteiger partial charge in [0, 0.05) is 8.45 Å². The molecule has 0 bridgehead atoms. The first kappa shape index (κ1) is 13.4. The molecule has 5 heteroatoms. The summed E-state index contributed by atoms with van der Waals surface area (Å²) in [5.41, 5.74) is 7.40. The van der Waals surface area contributed by atoms with Crippen molar-refractivity contribution in [1.82, 2.24) is 0 Å². The van der Waals surface area contributed by atoms with E-state index in [1.165, 1.54) is 11.3 Å². The standard InChI is InChI=1S/C13H12INO2S/c1-2-17-13(16)12-10(15)7-11(18-12)8-4-3-5-9(14)6-8/h3-7H,2,15H2,1H3. The van der Waals surface area contributed by atoms with E-state index in [4.69, 9.17) is 10.5 Å². The van der Waals surface area contributed by atoms with E-state index in [0.29, 0.717) is 17.2 Å². The maximum absolute atomic E-state index is 11.7. The van der Waals surface area contributed by atoms with Crippen molar-refractivity contribution in [3.63, 3.8) is 0 Å². The summed E-state index contributed by atoms with van der Waals surface area (Å²) in [7, 11) is 0. The molecule has 94 valence electrons. The fraction of sp³-hybridized carbons (Fsp3) is 0.154. The van der Waals surface area contributed by atoms with E-state index in [1.54, 1.807) is 6.92 Å². The second-order valence-electron chi connectivity index (χ2n) is 3.63. The van der Waals surface area contributed by atoms with Gasteiger partial charge in [0.15, 0.2) is 0 Å². The van der Waals surface area contributed by atoms with Crippen LogP contribution in [0.1, 0.15) is 16.6 Å². The van der Waals surface area contributed by atoms with Crippen molar-refractivity contribution in [3.8, 4) is 10.4 Å². The van der Waals surface area contributed by atoms with Crippen molar-refractivity contribution in [1.29, 1.82) is 0 Å². The highest BCUT2D eigenvalue weighted by molar-refractivity contribution is 14.1. The van der Waals surface area contributed by atoms with Gasteiger partial charge in [-0.2, -0.15) is 0 Å². The molecule has 1 aromatic heterocycles. The number of esters is 1. The lowest BCUT2D eigenvalue weighted by Gasteiger charge is -1.99. The molecule has 0 aliphatic rings. The van der Waals surface area contributed by atoms with E-state index >= 15 is 0 Å². The Hall–Kier alpha value is -1.08. The fourth-order valence-corrected chi connectivity index (χ4v) is 3.06. The first-order valence-corrected chi connectivity index (χ1v) is 7.33. The van der Waals surface area contributed by atoms with E-state index in [9.17, 15) is 4.79 Å². The number of nitrogen functional groups attached to an aromatic ring is 1. The zero-order chi connectivity index (χ0) is 13.1. The summed E-state index contributed by atoms with van der Waals surface area (Å²) in [6.07, 6.45) is 0.